The number of Topliss-reactive ketones (excluding diaryl/α,β-unsaturated/α-hetero) is 1. The summed E-state index contributed by atoms with van der Waals surface area (Å²) < 4.78 is 0. The molecule has 0 aromatic heterocycles. The molecule has 4 heteroatoms. The predicted octanol–water partition coefficient (Wildman–Crippen LogP) is 2.51. The standard InChI is InChI=1S/C15H21ClN2O/c1-3-14(18-8-6-17-7-9-18)15(19)12-4-5-13(16)11(2)10-12/h4-5,10,14,17H,3,6-9H2,1-2H3. The van der Waals surface area contributed by atoms with Gasteiger partial charge in [-0.3, -0.25) is 9.69 Å². The summed E-state index contributed by atoms with van der Waals surface area (Å²) in [6.07, 6.45) is 0.848. The molecule has 1 saturated heterocycles. The van der Waals surface area contributed by atoms with Gasteiger partial charge in [-0.05, 0) is 37.1 Å². The highest BCUT2D eigenvalue weighted by molar-refractivity contribution is 6.31. The smallest absolute Gasteiger partial charge is 0.179 e. The number of hydrogen-bond acceptors (Lipinski definition) is 3. The first kappa shape index (κ1) is 14.5. The van der Waals surface area contributed by atoms with Gasteiger partial charge in [0.1, 0.15) is 0 Å². The lowest BCUT2D eigenvalue weighted by molar-refractivity contribution is 0.0790. The molecule has 0 aliphatic carbocycles. The molecule has 0 radical (unpaired) electrons. The summed E-state index contributed by atoms with van der Waals surface area (Å²) in [7, 11) is 0. The van der Waals surface area contributed by atoms with Crippen LogP contribution in [-0.4, -0.2) is 42.9 Å². The molecule has 0 amide bonds. The lowest BCUT2D eigenvalue weighted by atomic mass is 9.99. The second-order valence-corrected chi connectivity index (χ2v) is 5.45. The minimum atomic E-state index is -0.0114. The van der Waals surface area contributed by atoms with Crippen LogP contribution in [0.5, 0.6) is 0 Å². The van der Waals surface area contributed by atoms with Crippen LogP contribution < -0.4 is 5.32 Å². The van der Waals surface area contributed by atoms with Crippen molar-refractivity contribution in [2.75, 3.05) is 26.2 Å². The van der Waals surface area contributed by atoms with Crippen LogP contribution in [-0.2, 0) is 0 Å². The fraction of sp³-hybridized carbons (Fsp3) is 0.533. The average molecular weight is 281 g/mol. The molecule has 1 aliphatic rings. The molecular weight excluding hydrogens is 260 g/mol. The lowest BCUT2D eigenvalue weighted by Crippen LogP contribution is -2.51. The molecule has 1 atom stereocenters. The molecule has 0 bridgehead atoms. The Morgan fingerprint density at radius 1 is 1.42 bits per heavy atom. The molecule has 0 saturated carbocycles. The minimum absolute atomic E-state index is 0.0114. The molecule has 104 valence electrons. The largest absolute Gasteiger partial charge is 0.314 e. The number of carbonyl (C=O) groups is 1. The molecule has 1 aliphatic heterocycles. The Labute approximate surface area is 119 Å². The first-order valence-electron chi connectivity index (χ1n) is 6.88. The third-order valence-electron chi connectivity index (χ3n) is 3.72. The van der Waals surface area contributed by atoms with Crippen LogP contribution in [0.2, 0.25) is 5.02 Å². The third-order valence-corrected chi connectivity index (χ3v) is 4.15. The monoisotopic (exact) mass is 280 g/mol. The number of hydrogen-bond donors (Lipinski definition) is 1. The Morgan fingerprint density at radius 2 is 2.11 bits per heavy atom. The molecule has 1 N–H and O–H groups in total. The van der Waals surface area contributed by atoms with E-state index in [1.165, 1.54) is 0 Å². The van der Waals surface area contributed by atoms with Gasteiger partial charge in [0.15, 0.2) is 5.78 Å². The minimum Gasteiger partial charge on any atom is -0.314 e. The third kappa shape index (κ3) is 3.35. The molecule has 3 nitrogen and oxygen atoms in total. The fourth-order valence-electron chi connectivity index (χ4n) is 2.59. The highest BCUT2D eigenvalue weighted by atomic mass is 35.5. The lowest BCUT2D eigenvalue weighted by Gasteiger charge is -2.33. The van der Waals surface area contributed by atoms with E-state index < -0.39 is 0 Å². The number of aryl methyl sites for hydroxylation is 1. The Bertz CT molecular complexity index is 455. The number of benzene rings is 1. The van der Waals surface area contributed by atoms with E-state index in [1.807, 2.05) is 25.1 Å². The second-order valence-electron chi connectivity index (χ2n) is 5.04. The molecule has 1 aromatic rings. The van der Waals surface area contributed by atoms with Crippen molar-refractivity contribution in [3.05, 3.63) is 34.3 Å². The molecular formula is C15H21ClN2O. The Kier molecular flexibility index (Phi) is 4.97. The van der Waals surface area contributed by atoms with Crippen molar-refractivity contribution in [3.8, 4) is 0 Å². The van der Waals surface area contributed by atoms with Crippen molar-refractivity contribution in [1.29, 1.82) is 0 Å². The van der Waals surface area contributed by atoms with Gasteiger partial charge in [-0.15, -0.1) is 0 Å². The van der Waals surface area contributed by atoms with Crippen LogP contribution in [0.3, 0.4) is 0 Å². The van der Waals surface area contributed by atoms with E-state index in [0.29, 0.717) is 5.02 Å². The SMILES string of the molecule is CCC(C(=O)c1ccc(Cl)c(C)c1)N1CCNCC1. The van der Waals surface area contributed by atoms with Gasteiger partial charge in [0.2, 0.25) is 0 Å². The van der Waals surface area contributed by atoms with E-state index in [2.05, 4.69) is 17.1 Å². The Morgan fingerprint density at radius 3 is 2.68 bits per heavy atom. The highest BCUT2D eigenvalue weighted by Crippen LogP contribution is 2.19. The van der Waals surface area contributed by atoms with Gasteiger partial charge < -0.3 is 5.32 Å². The van der Waals surface area contributed by atoms with Crippen LogP contribution >= 0.6 is 11.6 Å². The quantitative estimate of drug-likeness (QED) is 0.860. The van der Waals surface area contributed by atoms with Crippen LogP contribution in [0, 0.1) is 6.92 Å². The molecule has 1 unspecified atom stereocenters. The van der Waals surface area contributed by atoms with Crippen molar-refractivity contribution >= 4 is 17.4 Å². The van der Waals surface area contributed by atoms with Crippen molar-refractivity contribution in [2.45, 2.75) is 26.3 Å². The van der Waals surface area contributed by atoms with E-state index in [1.54, 1.807) is 0 Å². The number of nitrogens with zero attached hydrogens (tertiary/aromatic N) is 1. The summed E-state index contributed by atoms with van der Waals surface area (Å²) in [6.45, 7) is 7.82. The highest BCUT2D eigenvalue weighted by Gasteiger charge is 2.26. The van der Waals surface area contributed by atoms with E-state index in [0.717, 1.165) is 43.7 Å². The molecule has 1 fully saturated rings. The molecule has 0 spiro atoms. The van der Waals surface area contributed by atoms with Gasteiger partial charge in [0.25, 0.3) is 0 Å². The summed E-state index contributed by atoms with van der Waals surface area (Å²) in [5.74, 6) is 0.212. The molecule has 1 aromatic carbocycles. The normalized spacial score (nSPS) is 18.3. The topological polar surface area (TPSA) is 32.3 Å². The van der Waals surface area contributed by atoms with E-state index in [9.17, 15) is 4.79 Å². The van der Waals surface area contributed by atoms with E-state index in [4.69, 9.17) is 11.6 Å². The summed E-state index contributed by atoms with van der Waals surface area (Å²) in [5.41, 5.74) is 1.73. The van der Waals surface area contributed by atoms with Crippen LogP contribution in [0.1, 0.15) is 29.3 Å². The van der Waals surface area contributed by atoms with Crippen LogP contribution in [0.15, 0.2) is 18.2 Å². The number of halogens is 1. The average Bonchev–Trinajstić information content (AvgIpc) is 2.44. The van der Waals surface area contributed by atoms with Crippen LogP contribution in [0.4, 0.5) is 0 Å². The van der Waals surface area contributed by atoms with Crippen molar-refractivity contribution < 1.29 is 4.79 Å². The van der Waals surface area contributed by atoms with Gasteiger partial charge in [0.05, 0.1) is 6.04 Å². The summed E-state index contributed by atoms with van der Waals surface area (Å²) >= 11 is 6.02. The van der Waals surface area contributed by atoms with Gasteiger partial charge >= 0.3 is 0 Å². The maximum atomic E-state index is 12.6. The first-order chi connectivity index (χ1) is 9.13. The number of carbonyl (C=O) groups excluding carboxylic acids is 1. The van der Waals surface area contributed by atoms with Crippen molar-refractivity contribution in [3.63, 3.8) is 0 Å². The summed E-state index contributed by atoms with van der Waals surface area (Å²) in [4.78, 5) is 14.9. The second kappa shape index (κ2) is 6.51. The fourth-order valence-corrected chi connectivity index (χ4v) is 2.71. The van der Waals surface area contributed by atoms with E-state index in [-0.39, 0.29) is 11.8 Å². The Balaban J connectivity index is 2.17. The first-order valence-corrected chi connectivity index (χ1v) is 7.26. The zero-order valence-corrected chi connectivity index (χ0v) is 12.3. The zero-order chi connectivity index (χ0) is 13.8. The maximum Gasteiger partial charge on any atom is 0.179 e. The predicted molar refractivity (Wildman–Crippen MR) is 79.0 cm³/mol. The number of rotatable bonds is 4. The Hall–Kier alpha value is -0.900. The van der Waals surface area contributed by atoms with Gasteiger partial charge in [-0.25, -0.2) is 0 Å². The summed E-state index contributed by atoms with van der Waals surface area (Å²) in [6, 6.07) is 5.54. The van der Waals surface area contributed by atoms with Crippen molar-refractivity contribution in [2.24, 2.45) is 0 Å². The number of nitrogens with one attached hydrogen (secondary N) is 1. The van der Waals surface area contributed by atoms with Gasteiger partial charge in [-0.1, -0.05) is 18.5 Å². The van der Waals surface area contributed by atoms with E-state index >= 15 is 0 Å². The number of ketones is 1. The molecule has 2 rings (SSSR count). The van der Waals surface area contributed by atoms with Gasteiger partial charge in [-0.2, -0.15) is 0 Å². The molecule has 19 heavy (non-hydrogen) atoms. The molecule has 1 heterocycles. The van der Waals surface area contributed by atoms with Crippen LogP contribution in [0.25, 0.3) is 0 Å². The summed E-state index contributed by atoms with van der Waals surface area (Å²) in [5, 5.41) is 4.03. The van der Waals surface area contributed by atoms with Gasteiger partial charge in [0, 0.05) is 36.8 Å². The maximum absolute atomic E-state index is 12.6. The number of piperazine rings is 1. The van der Waals surface area contributed by atoms with Crippen molar-refractivity contribution in [1.82, 2.24) is 10.2 Å². The zero-order valence-electron chi connectivity index (χ0n) is 11.6.